The standard InChI is InChI=1S/C28H33FN4O8/c1-33(2)21-14-7-12-6-13-15(29)8-16(32-17(34)10-31-9-11-4-3-5-11)22(35)19(13)23(36)18(12)25(38)28(14,41)26(39)20(24(21)37)27(30)40/h8,11-12,14,18,20-21,31,35,41H,3-7,9-10H2,1-2H3,(H2,30,40)(H,32,34)/t12-,14-,18?,20?,21-,28-/m0/s1. The van der Waals surface area contributed by atoms with Gasteiger partial charge in [-0.1, -0.05) is 6.42 Å². The molecule has 0 spiro atoms. The molecule has 0 aliphatic heterocycles. The highest BCUT2D eigenvalue weighted by molar-refractivity contribution is 6.32. The summed E-state index contributed by atoms with van der Waals surface area (Å²) >= 11 is 0. The van der Waals surface area contributed by atoms with E-state index in [-0.39, 0.29) is 30.6 Å². The Labute approximate surface area is 234 Å². The molecule has 220 valence electrons. The fraction of sp³-hybridized carbons (Fsp3) is 0.571. The van der Waals surface area contributed by atoms with Crippen LogP contribution in [0.1, 0.15) is 41.6 Å². The fourth-order valence-electron chi connectivity index (χ4n) is 7.00. The van der Waals surface area contributed by atoms with E-state index in [9.17, 15) is 39.0 Å². The van der Waals surface area contributed by atoms with Crippen molar-refractivity contribution in [3.8, 4) is 5.75 Å². The van der Waals surface area contributed by atoms with Crippen LogP contribution in [0.15, 0.2) is 6.07 Å². The molecule has 0 aromatic heterocycles. The highest BCUT2D eigenvalue weighted by atomic mass is 19.1. The maximum Gasteiger partial charge on any atom is 0.238 e. The first-order valence-electron chi connectivity index (χ1n) is 13.7. The molecule has 6 N–H and O–H groups in total. The molecule has 6 atom stereocenters. The van der Waals surface area contributed by atoms with Gasteiger partial charge in [-0.25, -0.2) is 4.39 Å². The van der Waals surface area contributed by atoms with Crippen molar-refractivity contribution in [1.82, 2.24) is 10.2 Å². The molecule has 1 aromatic carbocycles. The van der Waals surface area contributed by atoms with Crippen LogP contribution in [0.2, 0.25) is 0 Å². The van der Waals surface area contributed by atoms with Crippen LogP contribution in [0.4, 0.5) is 10.1 Å². The molecule has 0 heterocycles. The third-order valence-electron chi connectivity index (χ3n) is 9.22. The smallest absolute Gasteiger partial charge is 0.238 e. The molecule has 0 saturated heterocycles. The number of aliphatic hydroxyl groups is 1. The van der Waals surface area contributed by atoms with Crippen LogP contribution >= 0.6 is 0 Å². The number of phenolic OH excluding ortho intramolecular Hbond substituents is 1. The van der Waals surface area contributed by atoms with Crippen LogP contribution in [0.5, 0.6) is 5.75 Å². The highest BCUT2D eigenvalue weighted by Gasteiger charge is 2.69. The first-order valence-corrected chi connectivity index (χ1v) is 13.7. The number of Topliss-reactive ketones (excluding diaryl/α,β-unsaturated/α-hetero) is 4. The van der Waals surface area contributed by atoms with E-state index in [1.165, 1.54) is 19.0 Å². The molecule has 41 heavy (non-hydrogen) atoms. The number of carbonyl (C=O) groups excluding carboxylic acids is 6. The Balaban J connectivity index is 1.47. The predicted octanol–water partition coefficient (Wildman–Crippen LogP) is -0.666. The minimum Gasteiger partial charge on any atom is -0.505 e. The molecule has 12 nitrogen and oxygen atoms in total. The summed E-state index contributed by atoms with van der Waals surface area (Å²) in [4.78, 5) is 79.8. The molecule has 2 amide bonds. The van der Waals surface area contributed by atoms with Crippen LogP contribution < -0.4 is 16.4 Å². The van der Waals surface area contributed by atoms with Crippen molar-refractivity contribution >= 4 is 40.6 Å². The molecule has 0 bridgehead atoms. The second-order valence-corrected chi connectivity index (χ2v) is 11.9. The minimum atomic E-state index is -2.87. The lowest BCUT2D eigenvalue weighted by molar-refractivity contribution is -0.181. The van der Waals surface area contributed by atoms with Gasteiger partial charge >= 0.3 is 0 Å². The number of ketones is 4. The largest absolute Gasteiger partial charge is 0.505 e. The lowest BCUT2D eigenvalue weighted by atomic mass is 9.52. The molecular formula is C28H33FN4O8. The van der Waals surface area contributed by atoms with Gasteiger partial charge in [0.1, 0.15) is 11.6 Å². The number of hydrogen-bond acceptors (Lipinski definition) is 10. The lowest BCUT2D eigenvalue weighted by Gasteiger charge is -2.52. The number of amides is 2. The topological polar surface area (TPSA) is 196 Å². The Kier molecular flexibility index (Phi) is 7.33. The van der Waals surface area contributed by atoms with Gasteiger partial charge in [0, 0.05) is 17.5 Å². The third kappa shape index (κ3) is 4.46. The first kappa shape index (κ1) is 29.0. The van der Waals surface area contributed by atoms with Crippen molar-refractivity contribution in [1.29, 1.82) is 0 Å². The van der Waals surface area contributed by atoms with E-state index in [0.29, 0.717) is 12.5 Å². The first-order chi connectivity index (χ1) is 19.3. The van der Waals surface area contributed by atoms with Crippen molar-refractivity contribution in [3.05, 3.63) is 23.0 Å². The number of rotatable bonds is 7. The summed E-state index contributed by atoms with van der Waals surface area (Å²) in [5.41, 5.74) is 1.39. The molecule has 13 heteroatoms. The van der Waals surface area contributed by atoms with Crippen molar-refractivity contribution in [2.24, 2.45) is 35.3 Å². The monoisotopic (exact) mass is 572 g/mol. The summed E-state index contributed by atoms with van der Waals surface area (Å²) in [6.07, 6.45) is 2.90. The van der Waals surface area contributed by atoms with Crippen LogP contribution in [-0.4, -0.2) is 88.9 Å². The second-order valence-electron chi connectivity index (χ2n) is 11.9. The maximum absolute atomic E-state index is 15.3. The highest BCUT2D eigenvalue weighted by Crippen LogP contribution is 2.51. The van der Waals surface area contributed by atoms with Gasteiger partial charge < -0.3 is 26.6 Å². The molecule has 2 unspecified atom stereocenters. The van der Waals surface area contributed by atoms with E-state index >= 15 is 4.39 Å². The zero-order valence-electron chi connectivity index (χ0n) is 22.7. The minimum absolute atomic E-state index is 0.102. The number of fused-ring (bicyclic) bond motifs is 3. The number of halogens is 1. The number of carbonyl (C=O) groups is 6. The summed E-state index contributed by atoms with van der Waals surface area (Å²) in [6.45, 7) is 0.538. The average molecular weight is 573 g/mol. The van der Waals surface area contributed by atoms with Crippen LogP contribution in [-0.2, 0) is 30.4 Å². The van der Waals surface area contributed by atoms with E-state index in [0.717, 1.165) is 25.3 Å². The zero-order chi connectivity index (χ0) is 30.0. The van der Waals surface area contributed by atoms with Crippen molar-refractivity contribution < 1.29 is 43.4 Å². The fourth-order valence-corrected chi connectivity index (χ4v) is 7.00. The molecular weight excluding hydrogens is 539 g/mol. The number of phenols is 1. The van der Waals surface area contributed by atoms with E-state index in [4.69, 9.17) is 5.73 Å². The maximum atomic E-state index is 15.3. The van der Waals surface area contributed by atoms with Crippen LogP contribution in [0, 0.1) is 35.4 Å². The van der Waals surface area contributed by atoms with Crippen molar-refractivity contribution in [3.63, 3.8) is 0 Å². The SMILES string of the molecule is CN(C)[C@@H]1C(=O)C(C(N)=O)C(=O)[C@@]2(O)C(=O)C3C(=O)c4c(O)c(NC(=O)CNCC5CCC5)cc(F)c4C[C@H]3C[C@@H]12. The van der Waals surface area contributed by atoms with Gasteiger partial charge in [-0.3, -0.25) is 33.7 Å². The predicted molar refractivity (Wildman–Crippen MR) is 140 cm³/mol. The normalized spacial score (nSPS) is 31.3. The lowest BCUT2D eigenvalue weighted by Crippen LogP contribution is -2.74. The summed E-state index contributed by atoms with van der Waals surface area (Å²) in [5.74, 6) is -13.5. The Morgan fingerprint density at radius 1 is 1.17 bits per heavy atom. The summed E-state index contributed by atoms with van der Waals surface area (Å²) < 4.78 is 15.3. The van der Waals surface area contributed by atoms with Gasteiger partial charge in [-0.05, 0) is 58.2 Å². The molecule has 4 aliphatic carbocycles. The number of nitrogens with one attached hydrogen (secondary N) is 2. The number of likely N-dealkylation sites (N-methyl/N-ethyl adjacent to an activating group) is 1. The molecule has 0 radical (unpaired) electrons. The molecule has 4 aliphatic rings. The van der Waals surface area contributed by atoms with Crippen molar-refractivity contribution in [2.75, 3.05) is 32.5 Å². The average Bonchev–Trinajstić information content (AvgIpc) is 2.85. The van der Waals surface area contributed by atoms with Crippen LogP contribution in [0.3, 0.4) is 0 Å². The summed E-state index contributed by atoms with van der Waals surface area (Å²) in [7, 11) is 2.95. The number of anilines is 1. The Morgan fingerprint density at radius 3 is 2.44 bits per heavy atom. The van der Waals surface area contributed by atoms with E-state index in [1.54, 1.807) is 0 Å². The van der Waals surface area contributed by atoms with Gasteiger partial charge in [0.15, 0.2) is 34.7 Å². The number of nitrogens with two attached hydrogens (primary N) is 1. The van der Waals surface area contributed by atoms with E-state index < -0.39 is 87.4 Å². The summed E-state index contributed by atoms with van der Waals surface area (Å²) in [6, 6.07) is -0.342. The van der Waals surface area contributed by atoms with Gasteiger partial charge in [0.05, 0.1) is 29.8 Å². The Bertz CT molecular complexity index is 1380. The van der Waals surface area contributed by atoms with Gasteiger partial charge in [0.25, 0.3) is 0 Å². The molecule has 1 aromatic rings. The number of aromatic hydroxyl groups is 1. The number of nitrogens with zero attached hydrogens (tertiary/aromatic N) is 1. The van der Waals surface area contributed by atoms with E-state index in [1.807, 2.05) is 0 Å². The Hall–Kier alpha value is -3.55. The van der Waals surface area contributed by atoms with Crippen LogP contribution in [0.25, 0.3) is 0 Å². The third-order valence-corrected chi connectivity index (χ3v) is 9.22. The summed E-state index contributed by atoms with van der Waals surface area (Å²) in [5, 5.41) is 27.9. The second kappa shape index (κ2) is 10.4. The number of hydrogen-bond donors (Lipinski definition) is 5. The van der Waals surface area contributed by atoms with Gasteiger partial charge in [-0.2, -0.15) is 0 Å². The quantitative estimate of drug-likeness (QED) is 0.207. The molecule has 3 fully saturated rings. The number of primary amides is 1. The van der Waals surface area contributed by atoms with Gasteiger partial charge in [-0.15, -0.1) is 0 Å². The molecule has 5 rings (SSSR count). The van der Waals surface area contributed by atoms with Gasteiger partial charge in [0.2, 0.25) is 11.8 Å². The Morgan fingerprint density at radius 2 is 1.85 bits per heavy atom. The zero-order valence-corrected chi connectivity index (χ0v) is 22.7. The van der Waals surface area contributed by atoms with Crippen molar-refractivity contribution in [2.45, 2.75) is 43.7 Å². The molecule has 3 saturated carbocycles. The number of benzene rings is 1. The van der Waals surface area contributed by atoms with E-state index in [2.05, 4.69) is 10.6 Å².